The van der Waals surface area contributed by atoms with Crippen molar-refractivity contribution >= 4 is 35.1 Å². The van der Waals surface area contributed by atoms with Crippen molar-refractivity contribution in [3.63, 3.8) is 0 Å². The zero-order valence-electron chi connectivity index (χ0n) is 11.9. The smallest absolute Gasteiger partial charge is 0.335 e. The van der Waals surface area contributed by atoms with E-state index in [9.17, 15) is 9.59 Å². The Kier molecular flexibility index (Phi) is 6.49. The molecule has 5 nitrogen and oxygen atoms in total. The van der Waals surface area contributed by atoms with E-state index < -0.39 is 12.1 Å². The van der Waals surface area contributed by atoms with Crippen molar-refractivity contribution in [2.24, 2.45) is 0 Å². The van der Waals surface area contributed by atoms with Crippen molar-refractivity contribution in [3.8, 4) is 0 Å². The molecule has 1 atom stereocenters. The summed E-state index contributed by atoms with van der Waals surface area (Å²) < 4.78 is 10.1. The van der Waals surface area contributed by atoms with Gasteiger partial charge in [-0.1, -0.05) is 29.3 Å². The van der Waals surface area contributed by atoms with Gasteiger partial charge < -0.3 is 14.8 Å². The van der Waals surface area contributed by atoms with E-state index in [1.807, 2.05) is 6.07 Å². The molecule has 120 valence electrons. The number of hydrogen-bond donors (Lipinski definition) is 1. The molecule has 1 aromatic rings. The van der Waals surface area contributed by atoms with E-state index in [0.717, 1.165) is 12.0 Å². The van der Waals surface area contributed by atoms with Crippen LogP contribution in [-0.2, 0) is 25.5 Å². The number of hydrogen-bond acceptors (Lipinski definition) is 4. The van der Waals surface area contributed by atoms with Crippen LogP contribution in [0.5, 0.6) is 0 Å². The lowest BCUT2D eigenvalue weighted by Crippen LogP contribution is -2.32. The normalized spacial score (nSPS) is 17.3. The number of ether oxygens (including phenoxy) is 2. The molecule has 0 aromatic heterocycles. The highest BCUT2D eigenvalue weighted by Crippen LogP contribution is 2.21. The summed E-state index contributed by atoms with van der Waals surface area (Å²) in [6, 6.07) is 5.21. The number of carbonyl (C=O) groups is 2. The number of halogens is 2. The number of carbonyl (C=O) groups excluding carboxylic acids is 2. The second kappa shape index (κ2) is 8.36. The minimum atomic E-state index is -0.527. The van der Waals surface area contributed by atoms with Crippen LogP contribution in [0.2, 0.25) is 10.0 Å². The van der Waals surface area contributed by atoms with Crippen molar-refractivity contribution in [2.45, 2.75) is 25.4 Å². The van der Waals surface area contributed by atoms with Gasteiger partial charge in [0.1, 0.15) is 0 Å². The third-order valence-electron chi connectivity index (χ3n) is 3.27. The van der Waals surface area contributed by atoms with Gasteiger partial charge >= 0.3 is 5.97 Å². The monoisotopic (exact) mass is 345 g/mol. The third-order valence-corrected chi connectivity index (χ3v) is 3.86. The van der Waals surface area contributed by atoms with Crippen LogP contribution in [0.3, 0.4) is 0 Å². The predicted octanol–water partition coefficient (Wildman–Crippen LogP) is 2.37. The third kappa shape index (κ3) is 5.16. The molecule has 1 aliphatic rings. The summed E-state index contributed by atoms with van der Waals surface area (Å²) in [7, 11) is 0. The highest BCUT2D eigenvalue weighted by molar-refractivity contribution is 6.35. The van der Waals surface area contributed by atoms with Crippen LogP contribution < -0.4 is 5.32 Å². The Morgan fingerprint density at radius 2 is 2.18 bits per heavy atom. The van der Waals surface area contributed by atoms with Crippen LogP contribution in [0, 0.1) is 0 Å². The lowest BCUT2D eigenvalue weighted by atomic mass is 10.1. The maximum absolute atomic E-state index is 11.6. The molecule has 1 saturated heterocycles. The highest BCUT2D eigenvalue weighted by atomic mass is 35.5. The quantitative estimate of drug-likeness (QED) is 0.804. The molecular weight excluding hydrogens is 329 g/mol. The van der Waals surface area contributed by atoms with Gasteiger partial charge in [-0.15, -0.1) is 0 Å². The first-order valence-corrected chi connectivity index (χ1v) is 7.80. The van der Waals surface area contributed by atoms with Crippen LogP contribution >= 0.6 is 23.2 Å². The van der Waals surface area contributed by atoms with Crippen molar-refractivity contribution in [1.29, 1.82) is 0 Å². The van der Waals surface area contributed by atoms with E-state index in [1.165, 1.54) is 0 Å². The molecule has 0 aliphatic carbocycles. The van der Waals surface area contributed by atoms with Gasteiger partial charge in [0.2, 0.25) is 0 Å². The van der Waals surface area contributed by atoms with Crippen LogP contribution in [0.15, 0.2) is 18.2 Å². The summed E-state index contributed by atoms with van der Waals surface area (Å²) in [6.45, 7) is 0.665. The molecule has 0 spiro atoms. The van der Waals surface area contributed by atoms with Crippen LogP contribution in [-0.4, -0.2) is 37.7 Å². The lowest BCUT2D eigenvalue weighted by Gasteiger charge is -2.10. The number of amides is 1. The maximum Gasteiger partial charge on any atom is 0.335 e. The Bertz CT molecular complexity index is 544. The van der Waals surface area contributed by atoms with E-state index in [-0.39, 0.29) is 12.5 Å². The average molecular weight is 346 g/mol. The van der Waals surface area contributed by atoms with Crippen molar-refractivity contribution in [3.05, 3.63) is 33.8 Å². The lowest BCUT2D eigenvalue weighted by molar-refractivity contribution is -0.157. The summed E-state index contributed by atoms with van der Waals surface area (Å²) in [4.78, 5) is 23.2. The van der Waals surface area contributed by atoms with Gasteiger partial charge in [-0.2, -0.15) is 0 Å². The molecule has 22 heavy (non-hydrogen) atoms. The van der Waals surface area contributed by atoms with Gasteiger partial charge in [-0.3, -0.25) is 4.79 Å². The van der Waals surface area contributed by atoms with E-state index in [2.05, 4.69) is 5.32 Å². The minimum absolute atomic E-state index is 0.299. The van der Waals surface area contributed by atoms with Crippen LogP contribution in [0.4, 0.5) is 0 Å². The minimum Gasteiger partial charge on any atom is -0.454 e. The summed E-state index contributed by atoms with van der Waals surface area (Å²) in [6.07, 6.45) is 1.53. The van der Waals surface area contributed by atoms with E-state index in [1.54, 1.807) is 12.1 Å². The fourth-order valence-electron chi connectivity index (χ4n) is 2.11. The summed E-state index contributed by atoms with van der Waals surface area (Å²) in [5.41, 5.74) is 0.891. The summed E-state index contributed by atoms with van der Waals surface area (Å²) in [5, 5.41) is 3.80. The van der Waals surface area contributed by atoms with Gasteiger partial charge in [0, 0.05) is 23.2 Å². The van der Waals surface area contributed by atoms with Gasteiger partial charge in [-0.25, -0.2) is 4.79 Å². The number of nitrogens with one attached hydrogen (secondary N) is 1. The Balaban J connectivity index is 1.66. The zero-order valence-corrected chi connectivity index (χ0v) is 13.5. The first kappa shape index (κ1) is 17.1. The number of rotatable bonds is 6. The van der Waals surface area contributed by atoms with Crippen LogP contribution in [0.1, 0.15) is 18.4 Å². The summed E-state index contributed by atoms with van der Waals surface area (Å²) in [5.74, 6) is -0.829. The van der Waals surface area contributed by atoms with Crippen molar-refractivity contribution in [1.82, 2.24) is 5.32 Å². The Labute approximate surface area is 138 Å². The standard InChI is InChI=1S/C15H17Cl2NO4/c16-11-4-3-10(12(17)8-11)5-6-18-14(19)9-22-15(20)13-2-1-7-21-13/h3-4,8,13H,1-2,5-7,9H2,(H,18,19)/t13-/m0/s1. The van der Waals surface area contributed by atoms with Crippen LogP contribution in [0.25, 0.3) is 0 Å². The average Bonchev–Trinajstić information content (AvgIpc) is 3.01. The SMILES string of the molecule is O=C(COC(=O)[C@@H]1CCCO1)NCCc1ccc(Cl)cc1Cl. The van der Waals surface area contributed by atoms with Crippen molar-refractivity contribution in [2.75, 3.05) is 19.8 Å². The predicted molar refractivity (Wildman–Crippen MR) is 83.1 cm³/mol. The summed E-state index contributed by atoms with van der Waals surface area (Å²) >= 11 is 11.9. The van der Waals surface area contributed by atoms with Crippen molar-refractivity contribution < 1.29 is 19.1 Å². The first-order chi connectivity index (χ1) is 10.6. The second-order valence-electron chi connectivity index (χ2n) is 4.95. The van der Waals surface area contributed by atoms with E-state index >= 15 is 0 Å². The van der Waals surface area contributed by atoms with Gasteiger partial charge in [-0.05, 0) is 37.0 Å². The molecule has 0 radical (unpaired) electrons. The number of esters is 1. The molecule has 2 rings (SSSR count). The van der Waals surface area contributed by atoms with Gasteiger partial charge in [0.25, 0.3) is 5.91 Å². The molecule has 0 bridgehead atoms. The molecule has 1 N–H and O–H groups in total. The molecule has 7 heteroatoms. The topological polar surface area (TPSA) is 64.6 Å². The highest BCUT2D eigenvalue weighted by Gasteiger charge is 2.25. The largest absolute Gasteiger partial charge is 0.454 e. The molecule has 1 heterocycles. The van der Waals surface area contributed by atoms with E-state index in [4.69, 9.17) is 32.7 Å². The molecule has 0 saturated carbocycles. The molecule has 1 fully saturated rings. The second-order valence-corrected chi connectivity index (χ2v) is 5.79. The molecule has 1 aliphatic heterocycles. The van der Waals surface area contributed by atoms with E-state index in [0.29, 0.717) is 36.0 Å². The van der Waals surface area contributed by atoms with Gasteiger partial charge in [0.05, 0.1) is 0 Å². The molecular formula is C15H17Cl2NO4. The molecule has 0 unspecified atom stereocenters. The zero-order chi connectivity index (χ0) is 15.9. The Morgan fingerprint density at radius 1 is 1.36 bits per heavy atom. The Morgan fingerprint density at radius 3 is 2.86 bits per heavy atom. The maximum atomic E-state index is 11.6. The molecule has 1 amide bonds. The fraction of sp³-hybridized carbons (Fsp3) is 0.467. The first-order valence-electron chi connectivity index (χ1n) is 7.05. The van der Waals surface area contributed by atoms with Gasteiger partial charge in [0.15, 0.2) is 12.7 Å². The fourth-order valence-corrected chi connectivity index (χ4v) is 2.61. The Hall–Kier alpha value is -1.30. The number of benzene rings is 1. The molecule has 1 aromatic carbocycles.